The zero-order valence-electron chi connectivity index (χ0n) is 10.0. The standard InChI is InChI=1S/C13H16BrN3/c1-10(2)17-9-13(8-16-17)15-7-11-3-5-12(14)6-4-11/h3-6,8-10,15H,7H2,1-2H3. The van der Waals surface area contributed by atoms with Crippen molar-refractivity contribution in [2.24, 2.45) is 0 Å². The van der Waals surface area contributed by atoms with Gasteiger partial charge in [-0.1, -0.05) is 28.1 Å². The summed E-state index contributed by atoms with van der Waals surface area (Å²) in [6.07, 6.45) is 3.89. The van der Waals surface area contributed by atoms with E-state index in [1.165, 1.54) is 5.56 Å². The third kappa shape index (κ3) is 3.33. The van der Waals surface area contributed by atoms with Crippen LogP contribution in [0.3, 0.4) is 0 Å². The summed E-state index contributed by atoms with van der Waals surface area (Å²) >= 11 is 3.43. The van der Waals surface area contributed by atoms with Crippen LogP contribution >= 0.6 is 15.9 Å². The van der Waals surface area contributed by atoms with E-state index in [1.807, 2.05) is 17.1 Å². The lowest BCUT2D eigenvalue weighted by molar-refractivity contribution is 0.532. The quantitative estimate of drug-likeness (QED) is 0.928. The van der Waals surface area contributed by atoms with Gasteiger partial charge in [-0.25, -0.2) is 0 Å². The predicted molar refractivity (Wildman–Crippen MR) is 74.1 cm³/mol. The number of anilines is 1. The van der Waals surface area contributed by atoms with Gasteiger partial charge < -0.3 is 5.32 Å². The minimum Gasteiger partial charge on any atom is -0.378 e. The molecule has 0 saturated carbocycles. The molecule has 0 fully saturated rings. The second-order valence-corrected chi connectivity index (χ2v) is 5.20. The van der Waals surface area contributed by atoms with Crippen molar-refractivity contribution in [2.75, 3.05) is 5.32 Å². The molecule has 1 aromatic heterocycles. The van der Waals surface area contributed by atoms with Crippen LogP contribution in [0.4, 0.5) is 5.69 Å². The summed E-state index contributed by atoms with van der Waals surface area (Å²) < 4.78 is 3.05. The Bertz CT molecular complexity index is 474. The Balaban J connectivity index is 1.95. The number of benzene rings is 1. The fourth-order valence-corrected chi connectivity index (χ4v) is 1.78. The molecule has 0 amide bonds. The van der Waals surface area contributed by atoms with E-state index in [0.29, 0.717) is 6.04 Å². The van der Waals surface area contributed by atoms with Crippen molar-refractivity contribution < 1.29 is 0 Å². The van der Waals surface area contributed by atoms with Gasteiger partial charge in [0.15, 0.2) is 0 Å². The van der Waals surface area contributed by atoms with E-state index in [2.05, 4.69) is 64.5 Å². The van der Waals surface area contributed by atoms with Crippen LogP contribution in [-0.2, 0) is 6.54 Å². The van der Waals surface area contributed by atoms with Crippen LogP contribution in [0.25, 0.3) is 0 Å². The number of rotatable bonds is 4. The van der Waals surface area contributed by atoms with Crippen molar-refractivity contribution in [3.05, 3.63) is 46.7 Å². The van der Waals surface area contributed by atoms with Crippen molar-refractivity contribution in [1.82, 2.24) is 9.78 Å². The van der Waals surface area contributed by atoms with E-state index >= 15 is 0 Å². The van der Waals surface area contributed by atoms with E-state index < -0.39 is 0 Å². The molecule has 0 aliphatic carbocycles. The smallest absolute Gasteiger partial charge is 0.0729 e. The number of hydrogen-bond acceptors (Lipinski definition) is 2. The van der Waals surface area contributed by atoms with Crippen LogP contribution in [0, 0.1) is 0 Å². The van der Waals surface area contributed by atoms with Crippen molar-refractivity contribution in [2.45, 2.75) is 26.4 Å². The molecule has 2 rings (SSSR count). The molecule has 0 unspecified atom stereocenters. The molecule has 0 bridgehead atoms. The Hall–Kier alpha value is -1.29. The highest BCUT2D eigenvalue weighted by molar-refractivity contribution is 9.10. The minimum atomic E-state index is 0.401. The van der Waals surface area contributed by atoms with Crippen LogP contribution in [0.1, 0.15) is 25.5 Å². The highest BCUT2D eigenvalue weighted by atomic mass is 79.9. The van der Waals surface area contributed by atoms with Gasteiger partial charge in [0.25, 0.3) is 0 Å². The van der Waals surface area contributed by atoms with Gasteiger partial charge in [-0.2, -0.15) is 5.10 Å². The van der Waals surface area contributed by atoms with Crippen LogP contribution < -0.4 is 5.32 Å². The largest absolute Gasteiger partial charge is 0.378 e. The second kappa shape index (κ2) is 5.36. The fourth-order valence-electron chi connectivity index (χ4n) is 1.52. The maximum atomic E-state index is 4.29. The Morgan fingerprint density at radius 3 is 2.59 bits per heavy atom. The molecule has 0 spiro atoms. The summed E-state index contributed by atoms with van der Waals surface area (Å²) in [7, 11) is 0. The summed E-state index contributed by atoms with van der Waals surface area (Å²) in [5.74, 6) is 0. The van der Waals surface area contributed by atoms with Crippen LogP contribution in [0.5, 0.6) is 0 Å². The first-order chi connectivity index (χ1) is 8.15. The lowest BCUT2D eigenvalue weighted by Gasteiger charge is -2.05. The first-order valence-electron chi connectivity index (χ1n) is 5.67. The van der Waals surface area contributed by atoms with Crippen molar-refractivity contribution in [1.29, 1.82) is 0 Å². The molecule has 0 aliphatic heterocycles. The topological polar surface area (TPSA) is 29.9 Å². The molecule has 0 aliphatic rings. The van der Waals surface area contributed by atoms with E-state index in [1.54, 1.807) is 0 Å². The monoisotopic (exact) mass is 293 g/mol. The van der Waals surface area contributed by atoms with E-state index in [9.17, 15) is 0 Å². The maximum absolute atomic E-state index is 4.29. The minimum absolute atomic E-state index is 0.401. The number of hydrogen-bond donors (Lipinski definition) is 1. The van der Waals surface area contributed by atoms with Gasteiger partial charge in [-0.15, -0.1) is 0 Å². The average molecular weight is 294 g/mol. The Morgan fingerprint density at radius 2 is 2.00 bits per heavy atom. The first-order valence-corrected chi connectivity index (χ1v) is 6.47. The molecular formula is C13H16BrN3. The molecule has 1 heterocycles. The number of nitrogens with one attached hydrogen (secondary N) is 1. The van der Waals surface area contributed by atoms with Crippen LogP contribution in [-0.4, -0.2) is 9.78 Å². The number of nitrogens with zero attached hydrogens (tertiary/aromatic N) is 2. The second-order valence-electron chi connectivity index (χ2n) is 4.28. The predicted octanol–water partition coefficient (Wildman–Crippen LogP) is 3.84. The number of halogens is 1. The molecule has 17 heavy (non-hydrogen) atoms. The van der Waals surface area contributed by atoms with Crippen molar-refractivity contribution in [3.63, 3.8) is 0 Å². The zero-order valence-corrected chi connectivity index (χ0v) is 11.6. The van der Waals surface area contributed by atoms with Gasteiger partial charge >= 0.3 is 0 Å². The lowest BCUT2D eigenvalue weighted by Crippen LogP contribution is -2.01. The fraction of sp³-hybridized carbons (Fsp3) is 0.308. The molecule has 0 saturated heterocycles. The van der Waals surface area contributed by atoms with E-state index in [4.69, 9.17) is 0 Å². The van der Waals surface area contributed by atoms with Crippen molar-refractivity contribution >= 4 is 21.6 Å². The van der Waals surface area contributed by atoms with E-state index in [0.717, 1.165) is 16.7 Å². The molecule has 90 valence electrons. The normalized spacial score (nSPS) is 10.8. The Morgan fingerprint density at radius 1 is 1.29 bits per heavy atom. The van der Waals surface area contributed by atoms with Gasteiger partial charge in [-0.05, 0) is 31.5 Å². The van der Waals surface area contributed by atoms with Crippen LogP contribution in [0.2, 0.25) is 0 Å². The highest BCUT2D eigenvalue weighted by Gasteiger charge is 2.01. The van der Waals surface area contributed by atoms with E-state index in [-0.39, 0.29) is 0 Å². The first kappa shape index (κ1) is 12.2. The molecule has 4 heteroatoms. The Labute approximate surface area is 110 Å². The van der Waals surface area contributed by atoms with Crippen LogP contribution in [0.15, 0.2) is 41.1 Å². The lowest BCUT2D eigenvalue weighted by atomic mass is 10.2. The zero-order chi connectivity index (χ0) is 12.3. The molecule has 3 nitrogen and oxygen atoms in total. The summed E-state index contributed by atoms with van der Waals surface area (Å²) in [5, 5.41) is 7.65. The Kier molecular flexibility index (Phi) is 3.84. The number of aromatic nitrogens is 2. The summed E-state index contributed by atoms with van der Waals surface area (Å²) in [5.41, 5.74) is 2.31. The van der Waals surface area contributed by atoms with Gasteiger partial charge in [0, 0.05) is 23.3 Å². The van der Waals surface area contributed by atoms with Gasteiger partial charge in [0.05, 0.1) is 11.9 Å². The highest BCUT2D eigenvalue weighted by Crippen LogP contribution is 2.13. The molecular weight excluding hydrogens is 278 g/mol. The summed E-state index contributed by atoms with van der Waals surface area (Å²) in [6.45, 7) is 5.05. The van der Waals surface area contributed by atoms with Gasteiger partial charge in [-0.3, -0.25) is 4.68 Å². The average Bonchev–Trinajstić information content (AvgIpc) is 2.77. The SMILES string of the molecule is CC(C)n1cc(NCc2ccc(Br)cc2)cn1. The summed E-state index contributed by atoms with van der Waals surface area (Å²) in [4.78, 5) is 0. The maximum Gasteiger partial charge on any atom is 0.0729 e. The molecule has 0 atom stereocenters. The molecule has 2 aromatic rings. The molecule has 1 N–H and O–H groups in total. The molecule has 0 radical (unpaired) electrons. The third-order valence-corrected chi connectivity index (χ3v) is 3.07. The van der Waals surface area contributed by atoms with Crippen molar-refractivity contribution in [3.8, 4) is 0 Å². The van der Waals surface area contributed by atoms with Gasteiger partial charge in [0.1, 0.15) is 0 Å². The molecule has 1 aromatic carbocycles. The summed E-state index contributed by atoms with van der Waals surface area (Å²) in [6, 6.07) is 8.70. The van der Waals surface area contributed by atoms with Gasteiger partial charge in [0.2, 0.25) is 0 Å². The third-order valence-electron chi connectivity index (χ3n) is 2.54.